The Morgan fingerprint density at radius 2 is 1.33 bits per heavy atom. The number of nitrogens with zero attached hydrogens (tertiary/aromatic N) is 4. The molecule has 90 valence electrons. The first-order chi connectivity index (χ1) is 8.75. The van der Waals surface area contributed by atoms with Crippen molar-refractivity contribution < 1.29 is 0 Å². The molecule has 3 rings (SSSR count). The highest BCUT2D eigenvalue weighted by Crippen LogP contribution is 2.16. The molecular weight excluding hydrogens is 224 g/mol. The van der Waals surface area contributed by atoms with Crippen LogP contribution in [-0.4, -0.2) is 19.1 Å². The van der Waals surface area contributed by atoms with Crippen LogP contribution in [-0.2, 0) is 0 Å². The van der Waals surface area contributed by atoms with Crippen LogP contribution in [0.5, 0.6) is 0 Å². The second kappa shape index (κ2) is 4.14. The van der Waals surface area contributed by atoms with Crippen LogP contribution in [0.25, 0.3) is 11.4 Å². The van der Waals surface area contributed by atoms with E-state index in [1.54, 1.807) is 0 Å². The van der Waals surface area contributed by atoms with E-state index in [0.717, 1.165) is 23.0 Å². The Hall–Kier alpha value is -2.36. The predicted octanol–water partition coefficient (Wildman–Crippen LogP) is 2.67. The maximum absolute atomic E-state index is 4.25. The molecule has 0 atom stereocenters. The van der Waals surface area contributed by atoms with Gasteiger partial charge in [-0.25, -0.2) is 9.97 Å². The number of aromatic nitrogens is 4. The minimum atomic E-state index is 0.981. The summed E-state index contributed by atoms with van der Waals surface area (Å²) in [5.74, 6) is 1.96. The van der Waals surface area contributed by atoms with Crippen LogP contribution in [0.1, 0.15) is 11.6 Å². The zero-order valence-corrected chi connectivity index (χ0v) is 10.4. The summed E-state index contributed by atoms with van der Waals surface area (Å²) in [6.07, 6.45) is 7.55. The number of benzene rings is 1. The quantitative estimate of drug-likeness (QED) is 0.688. The van der Waals surface area contributed by atoms with Crippen LogP contribution in [0.3, 0.4) is 0 Å². The molecule has 0 N–H and O–H groups in total. The fourth-order valence-corrected chi connectivity index (χ4v) is 2.09. The zero-order valence-electron chi connectivity index (χ0n) is 10.4. The van der Waals surface area contributed by atoms with Gasteiger partial charge < -0.3 is 9.13 Å². The summed E-state index contributed by atoms with van der Waals surface area (Å²) in [5, 5.41) is 0. The molecule has 0 fully saturated rings. The Balaban J connectivity index is 2.11. The van der Waals surface area contributed by atoms with E-state index in [-0.39, 0.29) is 0 Å². The third-order valence-electron chi connectivity index (χ3n) is 3.04. The van der Waals surface area contributed by atoms with Gasteiger partial charge in [-0.15, -0.1) is 0 Å². The van der Waals surface area contributed by atoms with Gasteiger partial charge in [0.15, 0.2) is 0 Å². The van der Waals surface area contributed by atoms with Crippen molar-refractivity contribution in [3.63, 3.8) is 0 Å². The van der Waals surface area contributed by atoms with Crippen LogP contribution in [0.2, 0.25) is 0 Å². The average molecular weight is 238 g/mol. The number of aryl methyl sites for hydroxylation is 2. The summed E-state index contributed by atoms with van der Waals surface area (Å²) in [5.41, 5.74) is 2.21. The summed E-state index contributed by atoms with van der Waals surface area (Å²) in [6.45, 7) is 3.99. The topological polar surface area (TPSA) is 35.6 Å². The molecule has 0 aliphatic carbocycles. The number of imidazole rings is 2. The Labute approximate surface area is 106 Å². The van der Waals surface area contributed by atoms with E-state index in [2.05, 4.69) is 37.3 Å². The van der Waals surface area contributed by atoms with Gasteiger partial charge in [0.05, 0.1) is 0 Å². The van der Waals surface area contributed by atoms with E-state index >= 15 is 0 Å². The molecule has 4 nitrogen and oxygen atoms in total. The Bertz CT molecular complexity index is 623. The third kappa shape index (κ3) is 1.72. The first-order valence-electron chi connectivity index (χ1n) is 5.86. The molecule has 0 radical (unpaired) electrons. The molecular formula is C14H14N4. The van der Waals surface area contributed by atoms with Crippen molar-refractivity contribution in [3.05, 3.63) is 60.7 Å². The fraction of sp³-hybridized carbons (Fsp3) is 0.143. The van der Waals surface area contributed by atoms with Crippen LogP contribution in [0.15, 0.2) is 49.1 Å². The molecule has 0 spiro atoms. The van der Waals surface area contributed by atoms with E-state index in [4.69, 9.17) is 0 Å². The summed E-state index contributed by atoms with van der Waals surface area (Å²) >= 11 is 0. The lowest BCUT2D eigenvalue weighted by Crippen LogP contribution is -1.99. The second-order valence-corrected chi connectivity index (χ2v) is 4.21. The Morgan fingerprint density at radius 1 is 0.833 bits per heavy atom. The SMILES string of the molecule is Cc1nccn1-c1cccc(-n2ccnc2C)c1. The van der Waals surface area contributed by atoms with E-state index in [1.807, 2.05) is 44.7 Å². The lowest BCUT2D eigenvalue weighted by molar-refractivity contribution is 0.949. The molecule has 0 aliphatic rings. The molecule has 4 heteroatoms. The normalized spacial score (nSPS) is 10.8. The van der Waals surface area contributed by atoms with Crippen molar-refractivity contribution in [1.82, 2.24) is 19.1 Å². The van der Waals surface area contributed by atoms with E-state index in [0.29, 0.717) is 0 Å². The maximum atomic E-state index is 4.25. The Kier molecular flexibility index (Phi) is 2.48. The molecule has 0 aliphatic heterocycles. The molecule has 0 bridgehead atoms. The van der Waals surface area contributed by atoms with Crippen molar-refractivity contribution in [2.75, 3.05) is 0 Å². The predicted molar refractivity (Wildman–Crippen MR) is 70.2 cm³/mol. The number of hydrogen-bond donors (Lipinski definition) is 0. The molecule has 0 saturated carbocycles. The lowest BCUT2D eigenvalue weighted by Gasteiger charge is -2.09. The van der Waals surface area contributed by atoms with Gasteiger partial charge in [-0.1, -0.05) is 6.07 Å². The number of rotatable bonds is 2. The molecule has 3 aromatic rings. The summed E-state index contributed by atoms with van der Waals surface area (Å²) in [7, 11) is 0. The van der Waals surface area contributed by atoms with Crippen molar-refractivity contribution in [1.29, 1.82) is 0 Å². The van der Waals surface area contributed by atoms with Crippen molar-refractivity contribution >= 4 is 0 Å². The van der Waals surface area contributed by atoms with E-state index in [1.165, 1.54) is 0 Å². The first-order valence-corrected chi connectivity index (χ1v) is 5.86. The molecule has 0 saturated heterocycles. The highest BCUT2D eigenvalue weighted by Gasteiger charge is 2.04. The Morgan fingerprint density at radius 3 is 1.72 bits per heavy atom. The standard InChI is InChI=1S/C14H14N4/c1-11-15-6-8-17(11)13-4-3-5-14(10-13)18-9-7-16-12(18)2/h3-10H,1-2H3. The molecule has 2 aromatic heterocycles. The highest BCUT2D eigenvalue weighted by atomic mass is 15.1. The molecule has 1 aromatic carbocycles. The van der Waals surface area contributed by atoms with Crippen molar-refractivity contribution in [2.45, 2.75) is 13.8 Å². The molecule has 2 heterocycles. The van der Waals surface area contributed by atoms with Crippen molar-refractivity contribution in [2.24, 2.45) is 0 Å². The highest BCUT2D eigenvalue weighted by molar-refractivity contribution is 5.44. The molecule has 0 amide bonds. The molecule has 0 unspecified atom stereocenters. The zero-order chi connectivity index (χ0) is 12.5. The smallest absolute Gasteiger partial charge is 0.110 e. The van der Waals surface area contributed by atoms with Gasteiger partial charge in [-0.3, -0.25) is 0 Å². The monoisotopic (exact) mass is 238 g/mol. The van der Waals surface area contributed by atoms with Gasteiger partial charge in [0.25, 0.3) is 0 Å². The minimum absolute atomic E-state index is 0.981. The summed E-state index contributed by atoms with van der Waals surface area (Å²) in [6, 6.07) is 8.32. The maximum Gasteiger partial charge on any atom is 0.110 e. The summed E-state index contributed by atoms with van der Waals surface area (Å²) in [4.78, 5) is 8.49. The van der Waals surface area contributed by atoms with E-state index < -0.39 is 0 Å². The van der Waals surface area contributed by atoms with Gasteiger partial charge >= 0.3 is 0 Å². The van der Waals surface area contributed by atoms with E-state index in [9.17, 15) is 0 Å². The van der Waals surface area contributed by atoms with Crippen LogP contribution >= 0.6 is 0 Å². The van der Waals surface area contributed by atoms with Gasteiger partial charge in [-0.05, 0) is 32.0 Å². The largest absolute Gasteiger partial charge is 0.304 e. The van der Waals surface area contributed by atoms with Crippen LogP contribution in [0.4, 0.5) is 0 Å². The second-order valence-electron chi connectivity index (χ2n) is 4.21. The van der Waals surface area contributed by atoms with Gasteiger partial charge in [-0.2, -0.15) is 0 Å². The number of hydrogen-bond acceptors (Lipinski definition) is 2. The first kappa shape index (κ1) is 10.8. The van der Waals surface area contributed by atoms with Gasteiger partial charge in [0.1, 0.15) is 11.6 Å². The van der Waals surface area contributed by atoms with Crippen LogP contribution in [0, 0.1) is 13.8 Å². The lowest BCUT2D eigenvalue weighted by atomic mass is 10.2. The van der Waals surface area contributed by atoms with Crippen LogP contribution < -0.4 is 0 Å². The minimum Gasteiger partial charge on any atom is -0.304 e. The summed E-state index contributed by atoms with van der Waals surface area (Å²) < 4.78 is 4.13. The molecule has 18 heavy (non-hydrogen) atoms. The third-order valence-corrected chi connectivity index (χ3v) is 3.04. The average Bonchev–Trinajstić information content (AvgIpc) is 2.98. The van der Waals surface area contributed by atoms with Crippen molar-refractivity contribution in [3.8, 4) is 11.4 Å². The fourth-order valence-electron chi connectivity index (χ4n) is 2.09. The van der Waals surface area contributed by atoms with Gasteiger partial charge in [0, 0.05) is 36.2 Å². The van der Waals surface area contributed by atoms with Gasteiger partial charge in [0.2, 0.25) is 0 Å².